The van der Waals surface area contributed by atoms with Crippen molar-refractivity contribution in [1.29, 1.82) is 0 Å². The Hall–Kier alpha value is -3.21. The van der Waals surface area contributed by atoms with Gasteiger partial charge in [0.2, 0.25) is 10.0 Å². The van der Waals surface area contributed by atoms with Gasteiger partial charge in [-0.25, -0.2) is 16.8 Å². The molecule has 0 unspecified atom stereocenters. The monoisotopic (exact) mass is 513 g/mol. The van der Waals surface area contributed by atoms with Crippen molar-refractivity contribution in [2.75, 3.05) is 23.1 Å². The third-order valence-corrected chi connectivity index (χ3v) is 9.15. The van der Waals surface area contributed by atoms with Gasteiger partial charge in [-0.3, -0.25) is 9.52 Å². The third-order valence-electron chi connectivity index (χ3n) is 5.85. The molecular weight excluding hydrogens is 486 g/mol. The van der Waals surface area contributed by atoms with Crippen molar-refractivity contribution < 1.29 is 21.6 Å². The van der Waals surface area contributed by atoms with Crippen LogP contribution in [0.2, 0.25) is 0 Å². The number of rotatable bonds is 7. The van der Waals surface area contributed by atoms with E-state index in [1.807, 2.05) is 0 Å². The highest BCUT2D eigenvalue weighted by Gasteiger charge is 2.25. The quantitative estimate of drug-likeness (QED) is 0.491. The lowest BCUT2D eigenvalue weighted by molar-refractivity contribution is 0.102. The van der Waals surface area contributed by atoms with E-state index >= 15 is 0 Å². The van der Waals surface area contributed by atoms with Crippen molar-refractivity contribution in [3.05, 3.63) is 83.9 Å². The molecule has 0 aliphatic carbocycles. The molecule has 2 N–H and O–H groups in total. The Morgan fingerprint density at radius 1 is 0.800 bits per heavy atom. The number of nitrogens with one attached hydrogen (secondary N) is 2. The van der Waals surface area contributed by atoms with Crippen molar-refractivity contribution in [2.45, 2.75) is 36.0 Å². The third kappa shape index (κ3) is 5.72. The molecule has 0 spiro atoms. The Bertz CT molecular complexity index is 1420. The van der Waals surface area contributed by atoms with Crippen LogP contribution in [-0.2, 0) is 20.0 Å². The van der Waals surface area contributed by atoms with Crippen LogP contribution in [-0.4, -0.2) is 40.1 Å². The van der Waals surface area contributed by atoms with Crippen LogP contribution < -0.4 is 10.0 Å². The Balaban J connectivity index is 1.44. The number of sulfonamides is 2. The van der Waals surface area contributed by atoms with Crippen molar-refractivity contribution in [2.24, 2.45) is 0 Å². The smallest absolute Gasteiger partial charge is 0.261 e. The highest BCUT2D eigenvalue weighted by atomic mass is 32.2. The van der Waals surface area contributed by atoms with Gasteiger partial charge in [-0.05, 0) is 79.9 Å². The molecule has 4 rings (SSSR count). The van der Waals surface area contributed by atoms with Gasteiger partial charge in [0.25, 0.3) is 15.9 Å². The first kappa shape index (κ1) is 24.9. The van der Waals surface area contributed by atoms with E-state index in [9.17, 15) is 21.6 Å². The number of anilines is 2. The van der Waals surface area contributed by atoms with E-state index in [0.29, 0.717) is 35.6 Å². The molecular formula is C25H27N3O5S2. The fourth-order valence-electron chi connectivity index (χ4n) is 3.89. The molecule has 10 heteroatoms. The predicted molar refractivity (Wildman–Crippen MR) is 135 cm³/mol. The fraction of sp³-hybridized carbons (Fsp3) is 0.240. The van der Waals surface area contributed by atoms with Crippen LogP contribution in [0.3, 0.4) is 0 Å². The average Bonchev–Trinajstić information content (AvgIpc) is 2.86. The van der Waals surface area contributed by atoms with Gasteiger partial charge in [-0.1, -0.05) is 24.6 Å². The molecule has 1 fully saturated rings. The Labute approximate surface area is 206 Å². The topological polar surface area (TPSA) is 113 Å². The molecule has 1 heterocycles. The van der Waals surface area contributed by atoms with E-state index in [-0.39, 0.29) is 9.79 Å². The first-order valence-corrected chi connectivity index (χ1v) is 14.2. The second-order valence-electron chi connectivity index (χ2n) is 8.39. The molecule has 0 saturated carbocycles. The van der Waals surface area contributed by atoms with Gasteiger partial charge in [0.1, 0.15) is 0 Å². The molecule has 1 amide bonds. The van der Waals surface area contributed by atoms with Gasteiger partial charge < -0.3 is 5.32 Å². The average molecular weight is 514 g/mol. The number of hydrogen-bond acceptors (Lipinski definition) is 5. The molecule has 0 atom stereocenters. The van der Waals surface area contributed by atoms with Gasteiger partial charge in [0.15, 0.2) is 0 Å². The van der Waals surface area contributed by atoms with Crippen LogP contribution in [0, 0.1) is 6.92 Å². The molecule has 8 nitrogen and oxygen atoms in total. The zero-order valence-electron chi connectivity index (χ0n) is 19.3. The summed E-state index contributed by atoms with van der Waals surface area (Å²) in [5.41, 5.74) is 1.76. The second kappa shape index (κ2) is 10.2. The van der Waals surface area contributed by atoms with Crippen molar-refractivity contribution in [3.63, 3.8) is 0 Å². The van der Waals surface area contributed by atoms with E-state index < -0.39 is 26.0 Å². The minimum atomic E-state index is -3.75. The number of benzene rings is 3. The highest BCUT2D eigenvalue weighted by molar-refractivity contribution is 7.92. The zero-order chi connectivity index (χ0) is 25.1. The van der Waals surface area contributed by atoms with E-state index in [2.05, 4.69) is 10.0 Å². The lowest BCUT2D eigenvalue weighted by atomic mass is 10.1. The first-order valence-electron chi connectivity index (χ1n) is 11.3. The summed E-state index contributed by atoms with van der Waals surface area (Å²) in [4.78, 5) is 13.1. The van der Waals surface area contributed by atoms with Crippen LogP contribution in [0.5, 0.6) is 0 Å². The summed E-state index contributed by atoms with van der Waals surface area (Å²) in [6, 6.07) is 18.8. The summed E-state index contributed by atoms with van der Waals surface area (Å²) in [5, 5.41) is 2.75. The molecule has 3 aromatic rings. The van der Waals surface area contributed by atoms with Crippen molar-refractivity contribution in [1.82, 2.24) is 4.31 Å². The SMILES string of the molecule is Cc1cc(C(=O)Nc2ccc(S(=O)(=O)N3CCCCC3)cc2)ccc1NS(=O)(=O)c1ccccc1. The van der Waals surface area contributed by atoms with Crippen LogP contribution in [0.1, 0.15) is 35.2 Å². The van der Waals surface area contributed by atoms with E-state index in [4.69, 9.17) is 0 Å². The molecule has 35 heavy (non-hydrogen) atoms. The summed E-state index contributed by atoms with van der Waals surface area (Å²) in [7, 11) is -7.29. The predicted octanol–water partition coefficient (Wildman–Crippen LogP) is 4.22. The summed E-state index contributed by atoms with van der Waals surface area (Å²) in [5.74, 6) is -0.391. The number of hydrogen-bond donors (Lipinski definition) is 2. The fourth-order valence-corrected chi connectivity index (χ4v) is 6.56. The molecule has 0 aromatic heterocycles. The number of aryl methyl sites for hydroxylation is 1. The van der Waals surface area contributed by atoms with Crippen LogP contribution in [0.25, 0.3) is 0 Å². The Morgan fingerprint density at radius 2 is 1.46 bits per heavy atom. The molecule has 1 saturated heterocycles. The molecule has 184 valence electrons. The molecule has 0 bridgehead atoms. The van der Waals surface area contributed by atoms with Crippen LogP contribution in [0.15, 0.2) is 82.6 Å². The van der Waals surface area contributed by atoms with Crippen LogP contribution in [0.4, 0.5) is 11.4 Å². The minimum absolute atomic E-state index is 0.145. The first-order chi connectivity index (χ1) is 16.7. The van der Waals surface area contributed by atoms with Crippen molar-refractivity contribution >= 4 is 37.3 Å². The number of carbonyl (C=O) groups excluding carboxylic acids is 1. The summed E-state index contributed by atoms with van der Waals surface area (Å²) < 4.78 is 54.8. The Kier molecular flexibility index (Phi) is 7.25. The molecule has 1 aliphatic rings. The van der Waals surface area contributed by atoms with Crippen LogP contribution >= 0.6 is 0 Å². The summed E-state index contributed by atoms with van der Waals surface area (Å²) in [6.45, 7) is 2.76. The number of carbonyl (C=O) groups is 1. The van der Waals surface area contributed by atoms with E-state index in [1.165, 1.54) is 34.6 Å². The van der Waals surface area contributed by atoms with Gasteiger partial charge >= 0.3 is 0 Å². The van der Waals surface area contributed by atoms with Crippen molar-refractivity contribution in [3.8, 4) is 0 Å². The number of amides is 1. The van der Waals surface area contributed by atoms with E-state index in [1.54, 1.807) is 49.4 Å². The van der Waals surface area contributed by atoms with Gasteiger partial charge in [-0.15, -0.1) is 0 Å². The molecule has 3 aromatic carbocycles. The van der Waals surface area contributed by atoms with E-state index in [0.717, 1.165) is 19.3 Å². The number of nitrogens with zero attached hydrogens (tertiary/aromatic N) is 1. The van der Waals surface area contributed by atoms with Gasteiger partial charge in [0, 0.05) is 24.3 Å². The standard InChI is InChI=1S/C25H27N3O5S2/c1-19-18-20(10-15-24(19)27-34(30,31)22-8-4-2-5-9-22)25(29)26-21-11-13-23(14-12-21)35(32,33)28-16-6-3-7-17-28/h2,4-5,8-15,18,27H,3,6-7,16-17H2,1H3,(H,26,29). The maximum Gasteiger partial charge on any atom is 0.261 e. The molecule has 0 radical (unpaired) electrons. The lowest BCUT2D eigenvalue weighted by Gasteiger charge is -2.25. The van der Waals surface area contributed by atoms with Gasteiger partial charge in [-0.2, -0.15) is 4.31 Å². The number of piperidine rings is 1. The second-order valence-corrected chi connectivity index (χ2v) is 12.0. The summed E-state index contributed by atoms with van der Waals surface area (Å²) in [6.07, 6.45) is 2.76. The maximum absolute atomic E-state index is 12.8. The molecule has 1 aliphatic heterocycles. The minimum Gasteiger partial charge on any atom is -0.322 e. The Morgan fingerprint density at radius 3 is 2.09 bits per heavy atom. The lowest BCUT2D eigenvalue weighted by Crippen LogP contribution is -2.35. The van der Waals surface area contributed by atoms with Gasteiger partial charge in [0.05, 0.1) is 15.5 Å². The largest absolute Gasteiger partial charge is 0.322 e. The summed E-state index contributed by atoms with van der Waals surface area (Å²) >= 11 is 0. The zero-order valence-corrected chi connectivity index (χ0v) is 20.9. The maximum atomic E-state index is 12.8. The normalized spacial score (nSPS) is 14.9. The highest BCUT2D eigenvalue weighted by Crippen LogP contribution is 2.24.